The van der Waals surface area contributed by atoms with E-state index in [1.807, 2.05) is 42.5 Å². The lowest BCUT2D eigenvalue weighted by atomic mass is 9.89. The van der Waals surface area contributed by atoms with Crippen LogP contribution in [0.25, 0.3) is 11.1 Å². The second-order valence-electron chi connectivity index (χ2n) is 11.5. The van der Waals surface area contributed by atoms with Gasteiger partial charge in [-0.05, 0) is 49.8 Å². The topological polar surface area (TPSA) is 124 Å². The maximum atomic E-state index is 13.8. The summed E-state index contributed by atoms with van der Waals surface area (Å²) >= 11 is 0. The predicted molar refractivity (Wildman–Crippen MR) is 166 cm³/mol. The molecule has 0 radical (unpaired) electrons. The molecule has 0 bridgehead atoms. The third-order valence-corrected chi connectivity index (χ3v) is 8.22. The fourth-order valence-electron chi connectivity index (χ4n) is 5.63. The van der Waals surface area contributed by atoms with Crippen molar-refractivity contribution >= 4 is 17.7 Å². The van der Waals surface area contributed by atoms with Crippen LogP contribution in [0.2, 0.25) is 0 Å². The summed E-state index contributed by atoms with van der Waals surface area (Å²) in [6.07, 6.45) is 4.10. The van der Waals surface area contributed by atoms with E-state index in [9.17, 15) is 18.0 Å². The Morgan fingerprint density at radius 2 is 1.66 bits per heavy atom. The minimum atomic E-state index is -4.65. The molecule has 1 aliphatic carbocycles. The molecule has 11 nitrogen and oxygen atoms in total. The van der Waals surface area contributed by atoms with Crippen molar-refractivity contribution in [3.63, 3.8) is 0 Å². The van der Waals surface area contributed by atoms with E-state index in [0.29, 0.717) is 44.3 Å². The number of ether oxygens (including phenoxy) is 3. The lowest BCUT2D eigenvalue weighted by Gasteiger charge is -2.36. The van der Waals surface area contributed by atoms with Gasteiger partial charge in [0.25, 0.3) is 0 Å². The highest BCUT2D eigenvalue weighted by Gasteiger charge is 2.38. The number of benzene rings is 1. The maximum absolute atomic E-state index is 13.8. The molecule has 2 aliphatic rings. The van der Waals surface area contributed by atoms with Crippen molar-refractivity contribution in [2.45, 2.75) is 62.9 Å². The Labute approximate surface area is 269 Å². The van der Waals surface area contributed by atoms with Gasteiger partial charge in [-0.3, -0.25) is 9.69 Å². The number of carbonyl (C=O) groups excluding carboxylic acids is 1. The molecule has 47 heavy (non-hydrogen) atoms. The van der Waals surface area contributed by atoms with Gasteiger partial charge in [0.05, 0.1) is 20.3 Å². The molecule has 1 saturated heterocycles. The van der Waals surface area contributed by atoms with Gasteiger partial charge in [-0.25, -0.2) is 19.9 Å². The molecule has 14 heteroatoms. The molecule has 0 spiro atoms. The molecule has 1 aromatic carbocycles. The summed E-state index contributed by atoms with van der Waals surface area (Å²) in [6, 6.07) is 13.6. The molecular formula is C33H34F3N7O4. The number of nitrogens with zero attached hydrogens (tertiary/aromatic N) is 6. The Morgan fingerprint density at radius 1 is 0.936 bits per heavy atom. The second-order valence-corrected chi connectivity index (χ2v) is 11.5. The molecule has 246 valence electrons. The van der Waals surface area contributed by atoms with Crippen LogP contribution in [0.4, 0.5) is 24.9 Å². The molecule has 4 aromatic rings. The Bertz CT molecular complexity index is 1630. The molecular weight excluding hydrogens is 615 g/mol. The number of amides is 1. The maximum Gasteiger partial charge on any atom is 0.423 e. The van der Waals surface area contributed by atoms with Crippen molar-refractivity contribution < 1.29 is 32.2 Å². The molecule has 1 aliphatic heterocycles. The number of pyridine rings is 1. The summed E-state index contributed by atoms with van der Waals surface area (Å²) in [7, 11) is 1.50. The number of halogens is 3. The predicted octanol–water partition coefficient (Wildman–Crippen LogP) is 5.52. The first kappa shape index (κ1) is 32.1. The average Bonchev–Trinajstić information content (AvgIpc) is 3.07. The summed E-state index contributed by atoms with van der Waals surface area (Å²) in [5.41, 5.74) is 1.60. The van der Waals surface area contributed by atoms with E-state index < -0.39 is 23.7 Å². The summed E-state index contributed by atoms with van der Waals surface area (Å²) in [6.45, 7) is 0.421. The van der Waals surface area contributed by atoms with Crippen molar-refractivity contribution in [2.24, 2.45) is 0 Å². The van der Waals surface area contributed by atoms with Crippen LogP contribution in [0, 0.1) is 0 Å². The Balaban J connectivity index is 1.15. The number of methoxy groups -OCH3 is 1. The quantitative estimate of drug-likeness (QED) is 0.222. The Hall–Kier alpha value is -4.85. The van der Waals surface area contributed by atoms with Gasteiger partial charge in [0.15, 0.2) is 0 Å². The van der Waals surface area contributed by atoms with Crippen LogP contribution < -0.4 is 19.7 Å². The SMILES string of the molecule is COc1ncc(-c2ccc(N(C(=O)CCc3ccccc3)[C@H]3CC[C@H](Nc4ncc(C(F)(F)F)c(OC5COC5)n4)CC3)nc2)cn1. The molecule has 6 rings (SSSR count). The first-order valence-corrected chi connectivity index (χ1v) is 15.4. The summed E-state index contributed by atoms with van der Waals surface area (Å²) < 4.78 is 56.2. The van der Waals surface area contributed by atoms with Crippen LogP contribution in [0.5, 0.6) is 11.9 Å². The number of carbonyl (C=O) groups is 1. The zero-order chi connectivity index (χ0) is 32.8. The van der Waals surface area contributed by atoms with E-state index in [2.05, 4.69) is 30.2 Å². The standard InChI is InChI=1S/C33H34F3N7O4/c1-45-32-39-16-23(17-40-32)22-8-13-28(37-15-22)43(29(44)14-7-21-5-3-2-4-6-21)25-11-9-24(10-12-25)41-31-38-18-27(33(34,35)36)30(42-31)47-26-19-46-20-26/h2-6,8,13,15-18,24-26H,7,9-12,14,19-20H2,1H3,(H,38,41,42)/t24-,25-. The minimum Gasteiger partial charge on any atom is -0.469 e. The van der Waals surface area contributed by atoms with Gasteiger partial charge in [0, 0.05) is 54.4 Å². The van der Waals surface area contributed by atoms with Gasteiger partial charge in [0.1, 0.15) is 17.5 Å². The molecule has 2 fully saturated rings. The van der Waals surface area contributed by atoms with Crippen molar-refractivity contribution in [1.82, 2.24) is 24.9 Å². The van der Waals surface area contributed by atoms with Gasteiger partial charge < -0.3 is 19.5 Å². The summed E-state index contributed by atoms with van der Waals surface area (Å²) in [5.74, 6) is 0.0618. The molecule has 0 atom stereocenters. The molecule has 1 saturated carbocycles. The molecule has 4 heterocycles. The Kier molecular flexibility index (Phi) is 9.76. The largest absolute Gasteiger partial charge is 0.469 e. The third-order valence-electron chi connectivity index (χ3n) is 8.22. The van der Waals surface area contributed by atoms with E-state index in [0.717, 1.165) is 22.9 Å². The van der Waals surface area contributed by atoms with Crippen LogP contribution in [-0.2, 0) is 22.1 Å². The van der Waals surface area contributed by atoms with Gasteiger partial charge in [0.2, 0.25) is 17.7 Å². The highest BCUT2D eigenvalue weighted by Crippen LogP contribution is 2.36. The number of nitrogens with one attached hydrogen (secondary N) is 1. The van der Waals surface area contributed by atoms with E-state index in [-0.39, 0.29) is 43.2 Å². The number of hydrogen-bond acceptors (Lipinski definition) is 10. The lowest BCUT2D eigenvalue weighted by molar-refractivity contribution is -0.142. The second kappa shape index (κ2) is 14.3. The van der Waals surface area contributed by atoms with Crippen LogP contribution in [0.1, 0.15) is 43.2 Å². The van der Waals surface area contributed by atoms with Gasteiger partial charge in [-0.1, -0.05) is 30.3 Å². The number of aryl methyl sites for hydroxylation is 1. The zero-order valence-electron chi connectivity index (χ0n) is 25.7. The van der Waals surface area contributed by atoms with Crippen LogP contribution >= 0.6 is 0 Å². The fourth-order valence-corrected chi connectivity index (χ4v) is 5.63. The molecule has 3 aromatic heterocycles. The first-order valence-electron chi connectivity index (χ1n) is 15.4. The van der Waals surface area contributed by atoms with Crippen molar-refractivity contribution in [3.05, 3.63) is 78.4 Å². The van der Waals surface area contributed by atoms with E-state index >= 15 is 0 Å². The average molecular weight is 650 g/mol. The van der Waals surface area contributed by atoms with E-state index in [4.69, 9.17) is 14.2 Å². The molecule has 1 N–H and O–H groups in total. The fraction of sp³-hybridized carbons (Fsp3) is 0.394. The summed E-state index contributed by atoms with van der Waals surface area (Å²) in [4.78, 5) is 36.6. The number of aromatic nitrogens is 5. The van der Waals surface area contributed by atoms with Crippen molar-refractivity contribution in [2.75, 3.05) is 30.5 Å². The van der Waals surface area contributed by atoms with Crippen LogP contribution in [-0.4, -0.2) is 69.3 Å². The van der Waals surface area contributed by atoms with Crippen LogP contribution in [0.15, 0.2) is 67.3 Å². The number of anilines is 2. The van der Waals surface area contributed by atoms with Gasteiger partial charge in [-0.2, -0.15) is 18.2 Å². The smallest absolute Gasteiger partial charge is 0.423 e. The summed E-state index contributed by atoms with van der Waals surface area (Å²) in [5, 5.41) is 3.18. The van der Waals surface area contributed by atoms with Gasteiger partial charge in [-0.15, -0.1) is 0 Å². The van der Waals surface area contributed by atoms with Crippen LogP contribution in [0.3, 0.4) is 0 Å². The van der Waals surface area contributed by atoms with Gasteiger partial charge >= 0.3 is 12.2 Å². The number of alkyl halides is 3. The number of rotatable bonds is 11. The van der Waals surface area contributed by atoms with Crippen molar-refractivity contribution in [1.29, 1.82) is 0 Å². The van der Waals surface area contributed by atoms with E-state index in [1.54, 1.807) is 23.5 Å². The first-order chi connectivity index (χ1) is 22.8. The van der Waals surface area contributed by atoms with E-state index in [1.165, 1.54) is 7.11 Å². The Morgan fingerprint density at radius 3 is 2.28 bits per heavy atom. The molecule has 0 unspecified atom stereocenters. The number of hydrogen-bond donors (Lipinski definition) is 1. The van der Waals surface area contributed by atoms with Crippen molar-refractivity contribution in [3.8, 4) is 23.0 Å². The third kappa shape index (κ3) is 7.94. The highest BCUT2D eigenvalue weighted by atomic mass is 19.4. The molecule has 1 amide bonds. The zero-order valence-corrected chi connectivity index (χ0v) is 25.7. The normalized spacial score (nSPS) is 18.2. The lowest BCUT2D eigenvalue weighted by Crippen LogP contribution is -2.45. The monoisotopic (exact) mass is 649 g/mol. The minimum absolute atomic E-state index is 0.0360. The highest BCUT2D eigenvalue weighted by molar-refractivity contribution is 5.93.